The van der Waals surface area contributed by atoms with Crippen LogP contribution in [-0.4, -0.2) is 30.8 Å². The van der Waals surface area contributed by atoms with Crippen LogP contribution in [0.4, 0.5) is 0 Å². The monoisotopic (exact) mass is 187 g/mol. The van der Waals surface area contributed by atoms with Crippen LogP contribution in [0.1, 0.15) is 19.8 Å². The highest BCUT2D eigenvalue weighted by atomic mass is 16.5. The van der Waals surface area contributed by atoms with Gasteiger partial charge in [-0.15, -0.1) is 0 Å². The van der Waals surface area contributed by atoms with Crippen molar-refractivity contribution in [3.63, 3.8) is 0 Å². The minimum absolute atomic E-state index is 0.258. The Morgan fingerprint density at radius 1 is 1.69 bits per heavy atom. The summed E-state index contributed by atoms with van der Waals surface area (Å²) in [4.78, 5) is 10.6. The zero-order valence-electron chi connectivity index (χ0n) is 8.12. The van der Waals surface area contributed by atoms with E-state index in [1.165, 1.54) is 13.2 Å². The average molecular weight is 187 g/mol. The number of carbonyl (C=O) groups excluding carboxylic acids is 1. The van der Waals surface area contributed by atoms with Crippen molar-refractivity contribution in [3.05, 3.63) is 12.3 Å². The van der Waals surface area contributed by atoms with Gasteiger partial charge in [0, 0.05) is 18.8 Å². The van der Waals surface area contributed by atoms with Crippen LogP contribution in [0.5, 0.6) is 0 Å². The molecule has 0 rings (SSSR count). The Labute approximate surface area is 78.6 Å². The van der Waals surface area contributed by atoms with E-state index in [0.29, 0.717) is 0 Å². The van der Waals surface area contributed by atoms with Gasteiger partial charge in [-0.25, -0.2) is 4.79 Å². The normalized spacial score (nSPS) is 12.8. The Hall–Kier alpha value is -1.03. The van der Waals surface area contributed by atoms with Crippen LogP contribution >= 0.6 is 0 Å². The average Bonchev–Trinajstić information content (AvgIpc) is 2.10. The molecule has 2 N–H and O–H groups in total. The van der Waals surface area contributed by atoms with Crippen LogP contribution in [0.3, 0.4) is 0 Å². The number of hydrogen-bond donors (Lipinski definition) is 2. The molecule has 0 saturated heterocycles. The number of aliphatic hydroxyl groups excluding tert-OH is 1. The van der Waals surface area contributed by atoms with Crippen molar-refractivity contribution in [3.8, 4) is 0 Å². The highest BCUT2D eigenvalue weighted by Crippen LogP contribution is 1.93. The molecule has 76 valence electrons. The van der Waals surface area contributed by atoms with E-state index in [4.69, 9.17) is 5.11 Å². The molecule has 1 atom stereocenters. The predicted octanol–water partition coefficient (Wildman–Crippen LogP) is 0.424. The van der Waals surface area contributed by atoms with Crippen molar-refractivity contribution in [1.82, 2.24) is 5.32 Å². The van der Waals surface area contributed by atoms with Gasteiger partial charge in [0.25, 0.3) is 0 Å². The van der Waals surface area contributed by atoms with E-state index in [9.17, 15) is 4.79 Å². The van der Waals surface area contributed by atoms with Gasteiger partial charge in [-0.05, 0) is 19.8 Å². The third-order valence-electron chi connectivity index (χ3n) is 1.48. The van der Waals surface area contributed by atoms with Crippen molar-refractivity contribution >= 4 is 5.97 Å². The predicted molar refractivity (Wildman–Crippen MR) is 50.1 cm³/mol. The van der Waals surface area contributed by atoms with E-state index >= 15 is 0 Å². The van der Waals surface area contributed by atoms with E-state index in [1.807, 2.05) is 0 Å². The van der Waals surface area contributed by atoms with Gasteiger partial charge in [0.1, 0.15) is 0 Å². The van der Waals surface area contributed by atoms with Crippen molar-refractivity contribution in [2.75, 3.05) is 13.7 Å². The molecule has 0 bridgehead atoms. The number of esters is 1. The van der Waals surface area contributed by atoms with Gasteiger partial charge in [0.05, 0.1) is 13.2 Å². The fourth-order valence-corrected chi connectivity index (χ4v) is 0.778. The van der Waals surface area contributed by atoms with Gasteiger partial charge < -0.3 is 15.2 Å². The molecule has 4 heteroatoms. The van der Waals surface area contributed by atoms with Crippen LogP contribution < -0.4 is 5.32 Å². The summed E-state index contributed by atoms with van der Waals surface area (Å²) in [6.45, 7) is 2.50. The maximum atomic E-state index is 10.6. The SMILES string of the molecule is COC(=O)/C=C/NCCCC(C)O. The molecule has 0 aromatic heterocycles. The fourth-order valence-electron chi connectivity index (χ4n) is 0.778. The quantitative estimate of drug-likeness (QED) is 0.359. The highest BCUT2D eigenvalue weighted by Gasteiger charge is 1.93. The van der Waals surface area contributed by atoms with Gasteiger partial charge in [-0.2, -0.15) is 0 Å². The fraction of sp³-hybridized carbons (Fsp3) is 0.667. The van der Waals surface area contributed by atoms with Crippen LogP contribution in [-0.2, 0) is 9.53 Å². The lowest BCUT2D eigenvalue weighted by Crippen LogP contribution is -2.10. The van der Waals surface area contributed by atoms with E-state index in [2.05, 4.69) is 10.1 Å². The van der Waals surface area contributed by atoms with Crippen molar-refractivity contribution in [1.29, 1.82) is 0 Å². The topological polar surface area (TPSA) is 58.6 Å². The second-order valence-corrected chi connectivity index (χ2v) is 2.80. The van der Waals surface area contributed by atoms with Gasteiger partial charge >= 0.3 is 5.97 Å². The molecule has 0 radical (unpaired) electrons. The van der Waals surface area contributed by atoms with Crippen molar-refractivity contribution in [2.24, 2.45) is 0 Å². The Balaban J connectivity index is 3.25. The summed E-state index contributed by atoms with van der Waals surface area (Å²) >= 11 is 0. The molecular formula is C9H17NO3. The first-order chi connectivity index (χ1) is 6.16. The molecule has 0 saturated carbocycles. The summed E-state index contributed by atoms with van der Waals surface area (Å²) in [6, 6.07) is 0. The smallest absolute Gasteiger partial charge is 0.331 e. The summed E-state index contributed by atoms with van der Waals surface area (Å²) < 4.78 is 4.39. The van der Waals surface area contributed by atoms with Gasteiger partial charge in [-0.1, -0.05) is 0 Å². The molecule has 0 aliphatic carbocycles. The number of carbonyl (C=O) groups is 1. The standard InChI is InChI=1S/C9H17NO3/c1-8(11)4-3-6-10-7-5-9(12)13-2/h5,7-8,10-11H,3-4,6H2,1-2H3/b7-5+. The maximum Gasteiger partial charge on any atom is 0.331 e. The largest absolute Gasteiger partial charge is 0.466 e. The first kappa shape index (κ1) is 12.0. The zero-order valence-corrected chi connectivity index (χ0v) is 8.12. The van der Waals surface area contributed by atoms with Crippen LogP contribution in [0.2, 0.25) is 0 Å². The van der Waals surface area contributed by atoms with Crippen molar-refractivity contribution < 1.29 is 14.6 Å². The second kappa shape index (κ2) is 7.61. The second-order valence-electron chi connectivity index (χ2n) is 2.80. The molecule has 0 aromatic carbocycles. The lowest BCUT2D eigenvalue weighted by Gasteiger charge is -2.02. The number of aliphatic hydroxyl groups is 1. The third-order valence-corrected chi connectivity index (χ3v) is 1.48. The lowest BCUT2D eigenvalue weighted by molar-refractivity contribution is -0.134. The number of nitrogens with one attached hydrogen (secondary N) is 1. The molecule has 0 fully saturated rings. The molecule has 13 heavy (non-hydrogen) atoms. The van der Waals surface area contributed by atoms with Crippen LogP contribution in [0.15, 0.2) is 12.3 Å². The Kier molecular flexibility index (Phi) is 7.01. The third kappa shape index (κ3) is 8.88. The first-order valence-corrected chi connectivity index (χ1v) is 4.32. The molecule has 0 heterocycles. The minimum atomic E-state index is -0.372. The molecule has 0 aliphatic rings. The summed E-state index contributed by atoms with van der Waals surface area (Å²) in [5, 5.41) is 11.8. The van der Waals surface area contributed by atoms with E-state index in [1.54, 1.807) is 13.1 Å². The van der Waals surface area contributed by atoms with Crippen molar-refractivity contribution in [2.45, 2.75) is 25.9 Å². The van der Waals surface area contributed by atoms with E-state index in [-0.39, 0.29) is 12.1 Å². The molecule has 0 spiro atoms. The summed E-state index contributed by atoms with van der Waals surface area (Å²) in [6.07, 6.45) is 4.25. The van der Waals surface area contributed by atoms with Gasteiger partial charge in [0.15, 0.2) is 0 Å². The summed E-state index contributed by atoms with van der Waals surface area (Å²) in [5.74, 6) is -0.372. The Morgan fingerprint density at radius 3 is 2.92 bits per heavy atom. The number of hydrogen-bond acceptors (Lipinski definition) is 4. The van der Waals surface area contributed by atoms with Gasteiger partial charge in [-0.3, -0.25) is 0 Å². The molecule has 0 aliphatic heterocycles. The van der Waals surface area contributed by atoms with Crippen LogP contribution in [0, 0.1) is 0 Å². The molecule has 0 aromatic rings. The molecule has 0 amide bonds. The summed E-state index contributed by atoms with van der Waals surface area (Å²) in [7, 11) is 1.33. The number of rotatable bonds is 6. The number of ether oxygens (including phenoxy) is 1. The van der Waals surface area contributed by atoms with Gasteiger partial charge in [0.2, 0.25) is 0 Å². The Bertz CT molecular complexity index is 166. The molecule has 4 nitrogen and oxygen atoms in total. The number of methoxy groups -OCH3 is 1. The lowest BCUT2D eigenvalue weighted by atomic mass is 10.2. The van der Waals surface area contributed by atoms with Crippen LogP contribution in [0.25, 0.3) is 0 Å². The molecular weight excluding hydrogens is 170 g/mol. The minimum Gasteiger partial charge on any atom is -0.466 e. The maximum absolute atomic E-state index is 10.6. The first-order valence-electron chi connectivity index (χ1n) is 4.32. The van der Waals surface area contributed by atoms with E-state index in [0.717, 1.165) is 19.4 Å². The molecule has 1 unspecified atom stereocenters. The zero-order chi connectivity index (χ0) is 10.1. The summed E-state index contributed by atoms with van der Waals surface area (Å²) in [5.41, 5.74) is 0. The Morgan fingerprint density at radius 2 is 2.38 bits per heavy atom. The highest BCUT2D eigenvalue weighted by molar-refractivity contribution is 5.81. The van der Waals surface area contributed by atoms with E-state index < -0.39 is 0 Å².